The summed E-state index contributed by atoms with van der Waals surface area (Å²) in [5, 5.41) is 3.11. The number of carbonyl (C=O) groups is 1. The van der Waals surface area contributed by atoms with Gasteiger partial charge in [-0.3, -0.25) is 4.79 Å². The van der Waals surface area contributed by atoms with E-state index in [4.69, 9.17) is 5.73 Å². The van der Waals surface area contributed by atoms with Crippen LogP contribution in [0.25, 0.3) is 0 Å². The fraction of sp³-hybridized carbons (Fsp3) is 0.562. The lowest BCUT2D eigenvalue weighted by atomic mass is 10.0. The maximum absolute atomic E-state index is 12.2. The van der Waals surface area contributed by atoms with Gasteiger partial charge in [-0.25, -0.2) is 0 Å². The van der Waals surface area contributed by atoms with Crippen molar-refractivity contribution in [2.45, 2.75) is 38.1 Å². The van der Waals surface area contributed by atoms with E-state index >= 15 is 0 Å². The van der Waals surface area contributed by atoms with Gasteiger partial charge in [0.2, 0.25) is 5.91 Å². The molecule has 0 saturated heterocycles. The van der Waals surface area contributed by atoms with Gasteiger partial charge in [-0.05, 0) is 42.7 Å². The first-order chi connectivity index (χ1) is 9.24. The van der Waals surface area contributed by atoms with Gasteiger partial charge >= 0.3 is 0 Å². The zero-order valence-corrected chi connectivity index (χ0v) is 11.3. The zero-order chi connectivity index (χ0) is 13.2. The van der Waals surface area contributed by atoms with E-state index in [-0.39, 0.29) is 17.9 Å². The van der Waals surface area contributed by atoms with Gasteiger partial charge < -0.3 is 11.1 Å². The van der Waals surface area contributed by atoms with Crippen LogP contribution in [0, 0.1) is 11.8 Å². The van der Waals surface area contributed by atoms with Crippen molar-refractivity contribution in [3.05, 3.63) is 35.4 Å². The van der Waals surface area contributed by atoms with E-state index < -0.39 is 0 Å². The largest absolute Gasteiger partial charge is 0.356 e. The minimum absolute atomic E-state index is 0.120. The van der Waals surface area contributed by atoms with Crippen molar-refractivity contribution in [1.29, 1.82) is 0 Å². The van der Waals surface area contributed by atoms with E-state index in [0.29, 0.717) is 5.92 Å². The zero-order valence-electron chi connectivity index (χ0n) is 11.3. The Kier molecular flexibility index (Phi) is 3.56. The van der Waals surface area contributed by atoms with Crippen molar-refractivity contribution in [2.24, 2.45) is 17.6 Å². The van der Waals surface area contributed by atoms with Crippen LogP contribution in [0.5, 0.6) is 0 Å². The monoisotopic (exact) mass is 258 g/mol. The van der Waals surface area contributed by atoms with Gasteiger partial charge in [0.05, 0.1) is 0 Å². The minimum Gasteiger partial charge on any atom is -0.356 e. The average molecular weight is 258 g/mol. The summed E-state index contributed by atoms with van der Waals surface area (Å²) in [5.41, 5.74) is 8.70. The van der Waals surface area contributed by atoms with E-state index in [1.165, 1.54) is 17.5 Å². The van der Waals surface area contributed by atoms with E-state index in [1.54, 1.807) is 0 Å². The number of rotatable bonds is 3. The van der Waals surface area contributed by atoms with Crippen LogP contribution >= 0.6 is 0 Å². The first-order valence-electron chi connectivity index (χ1n) is 7.34. The fourth-order valence-electron chi connectivity index (χ4n) is 3.44. The fourth-order valence-corrected chi connectivity index (χ4v) is 3.44. The summed E-state index contributed by atoms with van der Waals surface area (Å²) in [5.74, 6) is 0.804. The Balaban J connectivity index is 1.52. The van der Waals surface area contributed by atoms with Crippen molar-refractivity contribution in [2.75, 3.05) is 6.54 Å². The molecule has 2 atom stereocenters. The third kappa shape index (κ3) is 2.66. The first-order valence-corrected chi connectivity index (χ1v) is 7.34. The molecule has 2 aliphatic rings. The standard InChI is InChI=1S/C16H22N2O/c17-15-7-3-6-13(15)10-18-16(19)14-8-11-4-1-2-5-12(11)9-14/h1-2,4-5,13-15H,3,6-10,17H2,(H,18,19). The number of carbonyl (C=O) groups excluding carboxylic acids is 1. The van der Waals surface area contributed by atoms with Crippen molar-refractivity contribution >= 4 is 5.91 Å². The molecule has 3 nitrogen and oxygen atoms in total. The van der Waals surface area contributed by atoms with Crippen LogP contribution in [-0.2, 0) is 17.6 Å². The third-order valence-corrected chi connectivity index (χ3v) is 4.68. The topological polar surface area (TPSA) is 55.1 Å². The lowest BCUT2D eigenvalue weighted by Gasteiger charge is -2.17. The minimum atomic E-state index is 0.120. The summed E-state index contributed by atoms with van der Waals surface area (Å²) in [4.78, 5) is 12.2. The molecule has 1 aromatic carbocycles. The van der Waals surface area contributed by atoms with Gasteiger partial charge in [0.25, 0.3) is 0 Å². The lowest BCUT2D eigenvalue weighted by molar-refractivity contribution is -0.124. The molecule has 1 amide bonds. The first kappa shape index (κ1) is 12.7. The molecule has 0 aliphatic heterocycles. The SMILES string of the molecule is NC1CCCC1CNC(=O)C1Cc2ccccc2C1. The molecule has 0 aromatic heterocycles. The van der Waals surface area contributed by atoms with Crippen LogP contribution in [0.2, 0.25) is 0 Å². The molecule has 1 saturated carbocycles. The summed E-state index contributed by atoms with van der Waals surface area (Å²) in [6, 6.07) is 8.65. The van der Waals surface area contributed by atoms with Crippen LogP contribution in [0.1, 0.15) is 30.4 Å². The average Bonchev–Trinajstić information content (AvgIpc) is 3.01. The number of amides is 1. The number of fused-ring (bicyclic) bond motifs is 1. The molecule has 1 aromatic rings. The second kappa shape index (κ2) is 5.33. The number of nitrogens with one attached hydrogen (secondary N) is 1. The predicted molar refractivity (Wildman–Crippen MR) is 75.7 cm³/mol. The third-order valence-electron chi connectivity index (χ3n) is 4.68. The Morgan fingerprint density at radius 3 is 2.47 bits per heavy atom. The van der Waals surface area contributed by atoms with Gasteiger partial charge in [0, 0.05) is 18.5 Å². The summed E-state index contributed by atoms with van der Waals surface area (Å²) in [6.07, 6.45) is 5.25. The summed E-state index contributed by atoms with van der Waals surface area (Å²) < 4.78 is 0. The van der Waals surface area contributed by atoms with Gasteiger partial charge in [0.1, 0.15) is 0 Å². The molecule has 0 spiro atoms. The number of benzene rings is 1. The van der Waals surface area contributed by atoms with Crippen molar-refractivity contribution in [3.8, 4) is 0 Å². The van der Waals surface area contributed by atoms with Gasteiger partial charge in [-0.1, -0.05) is 30.7 Å². The molecule has 1 fully saturated rings. The van der Waals surface area contributed by atoms with Crippen LogP contribution in [-0.4, -0.2) is 18.5 Å². The lowest BCUT2D eigenvalue weighted by Crippen LogP contribution is -2.38. The van der Waals surface area contributed by atoms with Gasteiger partial charge in [0.15, 0.2) is 0 Å². The van der Waals surface area contributed by atoms with E-state index in [9.17, 15) is 4.79 Å². The maximum atomic E-state index is 12.2. The molecule has 0 radical (unpaired) electrons. The molecule has 0 bridgehead atoms. The Morgan fingerprint density at radius 1 is 1.21 bits per heavy atom. The van der Waals surface area contributed by atoms with Crippen LogP contribution in [0.4, 0.5) is 0 Å². The molecule has 19 heavy (non-hydrogen) atoms. The van der Waals surface area contributed by atoms with Gasteiger partial charge in [-0.2, -0.15) is 0 Å². The molecule has 3 heteroatoms. The van der Waals surface area contributed by atoms with Crippen molar-refractivity contribution in [3.63, 3.8) is 0 Å². The highest BCUT2D eigenvalue weighted by Gasteiger charge is 2.29. The van der Waals surface area contributed by atoms with Crippen molar-refractivity contribution in [1.82, 2.24) is 5.32 Å². The number of hydrogen-bond acceptors (Lipinski definition) is 2. The molecule has 3 N–H and O–H groups in total. The highest BCUT2D eigenvalue weighted by molar-refractivity contribution is 5.80. The van der Waals surface area contributed by atoms with Gasteiger partial charge in [-0.15, -0.1) is 0 Å². The Bertz CT molecular complexity index is 447. The van der Waals surface area contributed by atoms with E-state index in [2.05, 4.69) is 29.6 Å². The van der Waals surface area contributed by atoms with Crippen LogP contribution < -0.4 is 11.1 Å². The second-order valence-electron chi connectivity index (χ2n) is 5.97. The van der Waals surface area contributed by atoms with E-state index in [1.807, 2.05) is 0 Å². The number of hydrogen-bond donors (Lipinski definition) is 2. The maximum Gasteiger partial charge on any atom is 0.223 e. The summed E-state index contributed by atoms with van der Waals surface area (Å²) in [7, 11) is 0. The van der Waals surface area contributed by atoms with Crippen molar-refractivity contribution < 1.29 is 4.79 Å². The molecule has 2 unspecified atom stereocenters. The second-order valence-corrected chi connectivity index (χ2v) is 5.97. The molecule has 2 aliphatic carbocycles. The molecule has 3 rings (SSSR count). The highest BCUT2D eigenvalue weighted by atomic mass is 16.1. The molecular weight excluding hydrogens is 236 g/mol. The smallest absolute Gasteiger partial charge is 0.223 e. The molecular formula is C16H22N2O. The normalized spacial score (nSPS) is 26.4. The summed E-state index contributed by atoms with van der Waals surface area (Å²) >= 11 is 0. The predicted octanol–water partition coefficient (Wildman–Crippen LogP) is 1.64. The molecule has 0 heterocycles. The van der Waals surface area contributed by atoms with E-state index in [0.717, 1.165) is 32.2 Å². The van der Waals surface area contributed by atoms with Crippen LogP contribution in [0.3, 0.4) is 0 Å². The Morgan fingerprint density at radius 2 is 1.89 bits per heavy atom. The Labute approximate surface area is 114 Å². The highest BCUT2D eigenvalue weighted by Crippen LogP contribution is 2.27. The molecule has 102 valence electrons. The number of nitrogens with two attached hydrogens (primary N) is 1. The quantitative estimate of drug-likeness (QED) is 0.866. The Hall–Kier alpha value is -1.35. The van der Waals surface area contributed by atoms with Crippen LogP contribution in [0.15, 0.2) is 24.3 Å². The summed E-state index contributed by atoms with van der Waals surface area (Å²) in [6.45, 7) is 0.757.